The van der Waals surface area contributed by atoms with Crippen molar-refractivity contribution in [1.82, 2.24) is 10.3 Å². The molecule has 88 valence electrons. The van der Waals surface area contributed by atoms with Crippen molar-refractivity contribution in [3.8, 4) is 0 Å². The Bertz CT molecular complexity index is 338. The number of ether oxygens (including phenoxy) is 2. The van der Waals surface area contributed by atoms with Gasteiger partial charge in [0.15, 0.2) is 6.29 Å². The van der Waals surface area contributed by atoms with Crippen molar-refractivity contribution in [3.63, 3.8) is 0 Å². The minimum Gasteiger partial charge on any atom is -0.354 e. The molecule has 1 heterocycles. The lowest BCUT2D eigenvalue weighted by atomic mass is 10.3. The van der Waals surface area contributed by atoms with Gasteiger partial charge in [-0.05, 0) is 28.1 Å². The Kier molecular flexibility index (Phi) is 5.37. The van der Waals surface area contributed by atoms with Crippen molar-refractivity contribution in [2.24, 2.45) is 0 Å². The molecule has 6 heteroatoms. The van der Waals surface area contributed by atoms with Crippen LogP contribution in [-0.2, 0) is 9.47 Å². The molecule has 0 aliphatic heterocycles. The Hall–Kier alpha value is -0.980. The van der Waals surface area contributed by atoms with Crippen LogP contribution in [0.5, 0.6) is 0 Å². The smallest absolute Gasteiger partial charge is 0.253 e. The Morgan fingerprint density at radius 2 is 2.19 bits per heavy atom. The average Bonchev–Trinajstić information content (AvgIpc) is 2.31. The maximum atomic E-state index is 11.6. The first-order chi connectivity index (χ1) is 7.67. The van der Waals surface area contributed by atoms with Crippen LogP contribution in [0.4, 0.5) is 0 Å². The van der Waals surface area contributed by atoms with Crippen molar-refractivity contribution in [2.45, 2.75) is 6.29 Å². The summed E-state index contributed by atoms with van der Waals surface area (Å²) in [6.45, 7) is 0.294. The summed E-state index contributed by atoms with van der Waals surface area (Å²) in [5.41, 5.74) is 0.495. The molecule has 1 aromatic heterocycles. The van der Waals surface area contributed by atoms with Gasteiger partial charge in [-0.2, -0.15) is 0 Å². The molecule has 1 rings (SSSR count). The van der Waals surface area contributed by atoms with Crippen LogP contribution in [-0.4, -0.2) is 37.9 Å². The highest BCUT2D eigenvalue weighted by Gasteiger charge is 2.09. The van der Waals surface area contributed by atoms with Gasteiger partial charge in [0.2, 0.25) is 0 Å². The van der Waals surface area contributed by atoms with Crippen LogP contribution in [0.3, 0.4) is 0 Å². The second kappa shape index (κ2) is 6.57. The van der Waals surface area contributed by atoms with Crippen molar-refractivity contribution >= 4 is 21.8 Å². The standard InChI is InChI=1S/C10H13BrN2O3/c1-15-9(16-2)6-13-10(14)7-3-4-8(11)12-5-7/h3-5,9H,6H2,1-2H3,(H,13,14). The number of methoxy groups -OCH3 is 2. The van der Waals surface area contributed by atoms with Crippen LogP contribution in [0, 0.1) is 0 Å². The number of hydrogen-bond acceptors (Lipinski definition) is 4. The van der Waals surface area contributed by atoms with E-state index in [2.05, 4.69) is 26.2 Å². The molecule has 16 heavy (non-hydrogen) atoms. The summed E-state index contributed by atoms with van der Waals surface area (Å²) in [5.74, 6) is -0.209. The monoisotopic (exact) mass is 288 g/mol. The molecule has 1 N–H and O–H groups in total. The van der Waals surface area contributed by atoms with Gasteiger partial charge in [0.1, 0.15) is 4.60 Å². The van der Waals surface area contributed by atoms with Gasteiger partial charge in [0.25, 0.3) is 5.91 Å². The molecular weight excluding hydrogens is 276 g/mol. The van der Waals surface area contributed by atoms with E-state index in [4.69, 9.17) is 9.47 Å². The maximum Gasteiger partial charge on any atom is 0.253 e. The normalized spacial score (nSPS) is 10.5. The van der Waals surface area contributed by atoms with Crippen molar-refractivity contribution in [2.75, 3.05) is 20.8 Å². The third-order valence-electron chi connectivity index (χ3n) is 1.94. The fraction of sp³-hybridized carbons (Fsp3) is 0.400. The van der Waals surface area contributed by atoms with E-state index in [0.29, 0.717) is 16.7 Å². The lowest BCUT2D eigenvalue weighted by Crippen LogP contribution is -2.34. The van der Waals surface area contributed by atoms with E-state index in [0.717, 1.165) is 0 Å². The van der Waals surface area contributed by atoms with E-state index in [1.165, 1.54) is 20.4 Å². The fourth-order valence-corrected chi connectivity index (χ4v) is 1.29. The molecule has 0 aliphatic rings. The largest absolute Gasteiger partial charge is 0.354 e. The van der Waals surface area contributed by atoms with Crippen LogP contribution in [0.25, 0.3) is 0 Å². The minimum absolute atomic E-state index is 0.209. The zero-order chi connectivity index (χ0) is 12.0. The summed E-state index contributed by atoms with van der Waals surface area (Å²) in [6.07, 6.45) is 1.06. The van der Waals surface area contributed by atoms with Gasteiger partial charge in [0, 0.05) is 20.4 Å². The first kappa shape index (κ1) is 13.1. The molecule has 5 nitrogen and oxygen atoms in total. The van der Waals surface area contributed by atoms with E-state index in [1.807, 2.05) is 0 Å². The summed E-state index contributed by atoms with van der Waals surface area (Å²) < 4.78 is 10.6. The number of carbonyl (C=O) groups is 1. The molecule has 0 fully saturated rings. The molecule has 0 radical (unpaired) electrons. The van der Waals surface area contributed by atoms with Gasteiger partial charge < -0.3 is 14.8 Å². The number of hydrogen-bond donors (Lipinski definition) is 1. The lowest BCUT2D eigenvalue weighted by molar-refractivity contribution is -0.0974. The lowest BCUT2D eigenvalue weighted by Gasteiger charge is -2.13. The molecule has 0 unspecified atom stereocenters. The SMILES string of the molecule is COC(CNC(=O)c1ccc(Br)nc1)OC. The third kappa shape index (κ3) is 3.88. The molecule has 0 aromatic carbocycles. The number of pyridine rings is 1. The number of aromatic nitrogens is 1. The highest BCUT2D eigenvalue weighted by atomic mass is 79.9. The summed E-state index contributed by atoms with van der Waals surface area (Å²) in [5, 5.41) is 2.68. The highest BCUT2D eigenvalue weighted by Crippen LogP contribution is 2.06. The van der Waals surface area contributed by atoms with Gasteiger partial charge in [-0.25, -0.2) is 4.98 Å². The molecular formula is C10H13BrN2O3. The number of rotatable bonds is 5. The fourth-order valence-electron chi connectivity index (χ4n) is 1.05. The topological polar surface area (TPSA) is 60.5 Å². The van der Waals surface area contributed by atoms with Gasteiger partial charge in [0.05, 0.1) is 12.1 Å². The van der Waals surface area contributed by atoms with Crippen molar-refractivity contribution in [3.05, 3.63) is 28.5 Å². The van der Waals surface area contributed by atoms with Gasteiger partial charge in [-0.3, -0.25) is 4.79 Å². The number of nitrogens with one attached hydrogen (secondary N) is 1. The summed E-state index contributed by atoms with van der Waals surface area (Å²) in [7, 11) is 3.03. The Labute approximate surface area is 102 Å². The van der Waals surface area contributed by atoms with Crippen LogP contribution in [0.2, 0.25) is 0 Å². The summed E-state index contributed by atoms with van der Waals surface area (Å²) in [6, 6.07) is 3.39. The predicted molar refractivity (Wildman–Crippen MR) is 62.1 cm³/mol. The summed E-state index contributed by atoms with van der Waals surface area (Å²) in [4.78, 5) is 15.6. The highest BCUT2D eigenvalue weighted by molar-refractivity contribution is 9.10. The Balaban J connectivity index is 2.49. The first-order valence-corrected chi connectivity index (χ1v) is 5.42. The number of halogens is 1. The van der Waals surface area contributed by atoms with Crippen LogP contribution in [0.1, 0.15) is 10.4 Å². The van der Waals surface area contributed by atoms with E-state index in [9.17, 15) is 4.79 Å². The van der Waals surface area contributed by atoms with Gasteiger partial charge in [-0.15, -0.1) is 0 Å². The van der Waals surface area contributed by atoms with E-state index >= 15 is 0 Å². The molecule has 0 saturated carbocycles. The average molecular weight is 289 g/mol. The van der Waals surface area contributed by atoms with Crippen LogP contribution >= 0.6 is 15.9 Å². The third-order valence-corrected chi connectivity index (χ3v) is 2.41. The van der Waals surface area contributed by atoms with Crippen molar-refractivity contribution < 1.29 is 14.3 Å². The van der Waals surface area contributed by atoms with Crippen LogP contribution < -0.4 is 5.32 Å². The Morgan fingerprint density at radius 3 is 2.69 bits per heavy atom. The molecule has 1 aromatic rings. The number of amides is 1. The van der Waals surface area contributed by atoms with Crippen LogP contribution in [0.15, 0.2) is 22.9 Å². The second-order valence-corrected chi connectivity index (χ2v) is 3.79. The molecule has 0 atom stereocenters. The molecule has 0 bridgehead atoms. The van der Waals surface area contributed by atoms with E-state index < -0.39 is 6.29 Å². The summed E-state index contributed by atoms with van der Waals surface area (Å²) >= 11 is 3.20. The zero-order valence-corrected chi connectivity index (χ0v) is 10.7. The van der Waals surface area contributed by atoms with Gasteiger partial charge in [-0.1, -0.05) is 0 Å². The van der Waals surface area contributed by atoms with Crippen molar-refractivity contribution in [1.29, 1.82) is 0 Å². The van der Waals surface area contributed by atoms with E-state index in [1.54, 1.807) is 12.1 Å². The van der Waals surface area contributed by atoms with E-state index in [-0.39, 0.29) is 5.91 Å². The quantitative estimate of drug-likeness (QED) is 0.653. The first-order valence-electron chi connectivity index (χ1n) is 4.62. The minimum atomic E-state index is -0.438. The molecule has 1 amide bonds. The maximum absolute atomic E-state index is 11.6. The number of nitrogens with zero attached hydrogens (tertiary/aromatic N) is 1. The Morgan fingerprint density at radius 1 is 1.50 bits per heavy atom. The number of carbonyl (C=O) groups excluding carboxylic acids is 1. The second-order valence-electron chi connectivity index (χ2n) is 2.98. The predicted octanol–water partition coefficient (Wildman–Crippen LogP) is 1.19. The molecule has 0 spiro atoms. The molecule has 0 aliphatic carbocycles. The zero-order valence-electron chi connectivity index (χ0n) is 9.07. The molecule has 0 saturated heterocycles. The van der Waals surface area contributed by atoms with Gasteiger partial charge >= 0.3 is 0 Å².